The smallest absolute Gasteiger partial charge is 0.0981 e. The summed E-state index contributed by atoms with van der Waals surface area (Å²) < 4.78 is 0. The van der Waals surface area contributed by atoms with Gasteiger partial charge < -0.3 is 5.32 Å². The first-order chi connectivity index (χ1) is 9.90. The van der Waals surface area contributed by atoms with Gasteiger partial charge in [0, 0.05) is 29.1 Å². The van der Waals surface area contributed by atoms with E-state index in [-0.39, 0.29) is 5.41 Å². The molecule has 0 amide bonds. The van der Waals surface area contributed by atoms with Crippen LogP contribution in [0.2, 0.25) is 0 Å². The topological polar surface area (TPSA) is 24.9 Å². The van der Waals surface area contributed by atoms with Crippen LogP contribution in [0.5, 0.6) is 0 Å². The van der Waals surface area contributed by atoms with Crippen molar-refractivity contribution in [2.24, 2.45) is 0 Å². The molecule has 2 aromatic rings. The van der Waals surface area contributed by atoms with Gasteiger partial charge in [-0.2, -0.15) is 0 Å². The van der Waals surface area contributed by atoms with E-state index < -0.39 is 0 Å². The molecule has 1 aromatic heterocycles. The van der Waals surface area contributed by atoms with Gasteiger partial charge in [-0.3, -0.25) is 0 Å². The monoisotopic (exact) mass is 302 g/mol. The molecule has 0 aliphatic heterocycles. The van der Waals surface area contributed by atoms with Crippen molar-refractivity contribution in [2.45, 2.75) is 59.0 Å². The highest BCUT2D eigenvalue weighted by Gasteiger charge is 2.18. The zero-order valence-corrected chi connectivity index (χ0v) is 14.6. The second-order valence-electron chi connectivity index (χ2n) is 6.58. The Morgan fingerprint density at radius 3 is 2.38 bits per heavy atom. The zero-order valence-electron chi connectivity index (χ0n) is 13.7. The number of aryl methyl sites for hydroxylation is 1. The molecule has 0 bridgehead atoms. The van der Waals surface area contributed by atoms with Gasteiger partial charge in [-0.25, -0.2) is 4.98 Å². The maximum absolute atomic E-state index is 4.54. The molecule has 0 saturated carbocycles. The number of nitrogens with zero attached hydrogens (tertiary/aromatic N) is 1. The molecule has 0 aliphatic rings. The van der Waals surface area contributed by atoms with Crippen LogP contribution in [0.4, 0.5) is 0 Å². The molecule has 2 rings (SSSR count). The average Bonchev–Trinajstić information content (AvgIpc) is 2.94. The van der Waals surface area contributed by atoms with Crippen molar-refractivity contribution in [3.05, 3.63) is 51.5 Å². The average molecular weight is 302 g/mol. The van der Waals surface area contributed by atoms with Crippen molar-refractivity contribution >= 4 is 11.3 Å². The Kier molecular flexibility index (Phi) is 5.17. The minimum absolute atomic E-state index is 0.143. The Balaban J connectivity index is 1.94. The summed E-state index contributed by atoms with van der Waals surface area (Å²) in [6.07, 6.45) is 3.10. The van der Waals surface area contributed by atoms with Crippen LogP contribution in [0, 0.1) is 0 Å². The van der Waals surface area contributed by atoms with E-state index in [9.17, 15) is 0 Å². The molecule has 0 radical (unpaired) electrons. The maximum atomic E-state index is 4.54. The normalized spacial score (nSPS) is 13.4. The van der Waals surface area contributed by atoms with Crippen LogP contribution in [0.15, 0.2) is 30.5 Å². The molecule has 0 saturated heterocycles. The Morgan fingerprint density at radius 1 is 1.19 bits per heavy atom. The molecule has 1 heterocycles. The SMILES string of the molecule is CCc1ccc(C(C)NCc2cnc(C(C)(C)C)s2)cc1. The number of aromatic nitrogens is 1. The highest BCUT2D eigenvalue weighted by molar-refractivity contribution is 7.11. The predicted octanol–water partition coefficient (Wildman–Crippen LogP) is 4.85. The van der Waals surface area contributed by atoms with Crippen molar-refractivity contribution in [3.8, 4) is 0 Å². The molecule has 1 aromatic carbocycles. The van der Waals surface area contributed by atoms with Crippen LogP contribution < -0.4 is 5.32 Å². The maximum Gasteiger partial charge on any atom is 0.0981 e. The molecule has 1 atom stereocenters. The lowest BCUT2D eigenvalue weighted by Crippen LogP contribution is -2.17. The summed E-state index contributed by atoms with van der Waals surface area (Å²) in [5, 5.41) is 4.80. The first-order valence-corrected chi connectivity index (χ1v) is 8.49. The van der Waals surface area contributed by atoms with Gasteiger partial charge in [0.2, 0.25) is 0 Å². The fourth-order valence-electron chi connectivity index (χ4n) is 2.15. The summed E-state index contributed by atoms with van der Waals surface area (Å²) >= 11 is 1.81. The molecule has 1 unspecified atom stereocenters. The van der Waals surface area contributed by atoms with Crippen molar-refractivity contribution in [3.63, 3.8) is 0 Å². The van der Waals surface area contributed by atoms with Gasteiger partial charge in [0.05, 0.1) is 5.01 Å². The predicted molar refractivity (Wildman–Crippen MR) is 91.9 cm³/mol. The summed E-state index contributed by atoms with van der Waals surface area (Å²) in [6.45, 7) is 11.9. The van der Waals surface area contributed by atoms with Gasteiger partial charge >= 0.3 is 0 Å². The molecule has 0 fully saturated rings. The molecule has 2 nitrogen and oxygen atoms in total. The van der Waals surface area contributed by atoms with E-state index >= 15 is 0 Å². The molecule has 3 heteroatoms. The Labute approximate surface area is 132 Å². The van der Waals surface area contributed by atoms with E-state index in [2.05, 4.69) is 69.2 Å². The summed E-state index contributed by atoms with van der Waals surface area (Å²) in [6, 6.07) is 9.25. The number of rotatable bonds is 5. The minimum Gasteiger partial charge on any atom is -0.305 e. The minimum atomic E-state index is 0.143. The Bertz CT molecular complexity index is 564. The fraction of sp³-hybridized carbons (Fsp3) is 0.500. The molecular formula is C18H26N2S. The molecule has 21 heavy (non-hydrogen) atoms. The van der Waals surface area contributed by atoms with Gasteiger partial charge in [-0.05, 0) is 24.5 Å². The third-order valence-electron chi connectivity index (χ3n) is 3.67. The second kappa shape index (κ2) is 6.71. The summed E-state index contributed by atoms with van der Waals surface area (Å²) in [5.74, 6) is 0. The Hall–Kier alpha value is -1.19. The van der Waals surface area contributed by atoms with E-state index in [0.717, 1.165) is 13.0 Å². The van der Waals surface area contributed by atoms with Crippen LogP contribution in [0.25, 0.3) is 0 Å². The van der Waals surface area contributed by atoms with E-state index in [0.29, 0.717) is 6.04 Å². The van der Waals surface area contributed by atoms with Gasteiger partial charge in [0.1, 0.15) is 0 Å². The third-order valence-corrected chi connectivity index (χ3v) is 5.09. The van der Waals surface area contributed by atoms with Crippen molar-refractivity contribution in [1.82, 2.24) is 10.3 Å². The van der Waals surface area contributed by atoms with Gasteiger partial charge in [-0.1, -0.05) is 52.0 Å². The van der Waals surface area contributed by atoms with Crippen LogP contribution >= 0.6 is 11.3 Å². The third kappa shape index (κ3) is 4.39. The van der Waals surface area contributed by atoms with E-state index in [4.69, 9.17) is 0 Å². The molecular weight excluding hydrogens is 276 g/mol. The van der Waals surface area contributed by atoms with Gasteiger partial charge in [0.15, 0.2) is 0 Å². The standard InChI is InChI=1S/C18H26N2S/c1-6-14-7-9-15(10-8-14)13(2)19-11-16-12-20-17(21-16)18(3,4)5/h7-10,12-13,19H,6,11H2,1-5H3. The lowest BCUT2D eigenvalue weighted by molar-refractivity contribution is 0.578. The first-order valence-electron chi connectivity index (χ1n) is 7.67. The molecule has 114 valence electrons. The van der Waals surface area contributed by atoms with Crippen LogP contribution in [0.3, 0.4) is 0 Å². The highest BCUT2D eigenvalue weighted by Crippen LogP contribution is 2.27. The van der Waals surface area contributed by atoms with Crippen LogP contribution in [-0.2, 0) is 18.4 Å². The zero-order chi connectivity index (χ0) is 15.5. The van der Waals surface area contributed by atoms with E-state index in [1.807, 2.05) is 17.5 Å². The quantitative estimate of drug-likeness (QED) is 0.853. The fourth-order valence-corrected chi connectivity index (χ4v) is 3.07. The van der Waals surface area contributed by atoms with E-state index in [1.54, 1.807) is 0 Å². The van der Waals surface area contributed by atoms with Crippen molar-refractivity contribution in [1.29, 1.82) is 0 Å². The summed E-state index contributed by atoms with van der Waals surface area (Å²) in [4.78, 5) is 5.84. The molecule has 0 spiro atoms. The molecule has 0 aliphatic carbocycles. The van der Waals surface area contributed by atoms with E-state index in [1.165, 1.54) is 21.0 Å². The lowest BCUT2D eigenvalue weighted by atomic mass is 9.98. The number of hydrogen-bond acceptors (Lipinski definition) is 3. The van der Waals surface area contributed by atoms with Gasteiger partial charge in [0.25, 0.3) is 0 Å². The first kappa shape index (κ1) is 16.2. The van der Waals surface area contributed by atoms with Gasteiger partial charge in [-0.15, -0.1) is 11.3 Å². The van der Waals surface area contributed by atoms with Crippen LogP contribution in [-0.4, -0.2) is 4.98 Å². The number of benzene rings is 1. The second-order valence-corrected chi connectivity index (χ2v) is 7.69. The highest BCUT2D eigenvalue weighted by atomic mass is 32.1. The largest absolute Gasteiger partial charge is 0.305 e. The number of thiazole rings is 1. The van der Waals surface area contributed by atoms with Crippen molar-refractivity contribution in [2.75, 3.05) is 0 Å². The lowest BCUT2D eigenvalue weighted by Gasteiger charge is -2.15. The van der Waals surface area contributed by atoms with Crippen LogP contribution in [0.1, 0.15) is 61.7 Å². The summed E-state index contributed by atoms with van der Waals surface area (Å²) in [5.41, 5.74) is 2.88. The Morgan fingerprint density at radius 2 is 1.86 bits per heavy atom. The number of hydrogen-bond donors (Lipinski definition) is 1. The number of nitrogens with one attached hydrogen (secondary N) is 1. The molecule has 1 N–H and O–H groups in total. The van der Waals surface area contributed by atoms with Crippen molar-refractivity contribution < 1.29 is 0 Å². The summed E-state index contributed by atoms with van der Waals surface area (Å²) in [7, 11) is 0.